The summed E-state index contributed by atoms with van der Waals surface area (Å²) in [6.45, 7) is 0. The summed E-state index contributed by atoms with van der Waals surface area (Å²) < 4.78 is 0. The van der Waals surface area contributed by atoms with E-state index in [-0.39, 0.29) is 29.7 Å². The largest absolute Gasteiger partial charge is 0.478 e. The number of hydrogen-bond acceptors (Lipinski definition) is 8. The lowest BCUT2D eigenvalue weighted by atomic mass is 9.74. The standard InChI is InChI=1S/C14H20N2O7/c15-8-2-6(1-7(3-8)13(20)21)12(23-16)14(22)4-9(17)11(19)10(18)5-14/h1-3,9-12,17-19,22H,4-5,15-16H2,(H,20,21)/t9-,10-,11?,12?,14?/m1/s1. The van der Waals surface area contributed by atoms with Gasteiger partial charge in [-0.15, -0.1) is 0 Å². The molecule has 1 aliphatic carbocycles. The van der Waals surface area contributed by atoms with Gasteiger partial charge < -0.3 is 31.3 Å². The second-order valence-electron chi connectivity index (χ2n) is 5.85. The summed E-state index contributed by atoms with van der Waals surface area (Å²) in [6.07, 6.45) is -6.05. The molecule has 0 saturated heterocycles. The third kappa shape index (κ3) is 3.44. The Labute approximate surface area is 131 Å². The number of rotatable bonds is 4. The van der Waals surface area contributed by atoms with E-state index in [2.05, 4.69) is 0 Å². The van der Waals surface area contributed by atoms with Crippen molar-refractivity contribution in [2.75, 3.05) is 5.73 Å². The predicted molar refractivity (Wildman–Crippen MR) is 78.0 cm³/mol. The molecule has 2 rings (SSSR count). The molecule has 0 heterocycles. The van der Waals surface area contributed by atoms with Crippen molar-refractivity contribution in [1.82, 2.24) is 0 Å². The van der Waals surface area contributed by atoms with E-state index in [1.807, 2.05) is 0 Å². The first kappa shape index (κ1) is 17.6. The second-order valence-corrected chi connectivity index (χ2v) is 5.85. The fourth-order valence-electron chi connectivity index (χ4n) is 2.99. The van der Waals surface area contributed by atoms with Crippen molar-refractivity contribution in [2.24, 2.45) is 5.90 Å². The van der Waals surface area contributed by atoms with Gasteiger partial charge in [-0.3, -0.25) is 4.84 Å². The minimum absolute atomic E-state index is 0.123. The molecule has 1 fully saturated rings. The van der Waals surface area contributed by atoms with Crippen LogP contribution in [0.3, 0.4) is 0 Å². The topological polar surface area (TPSA) is 179 Å². The van der Waals surface area contributed by atoms with Gasteiger partial charge in [0.2, 0.25) is 0 Å². The molecule has 0 aliphatic heterocycles. The Morgan fingerprint density at radius 3 is 2.26 bits per heavy atom. The van der Waals surface area contributed by atoms with Crippen molar-refractivity contribution in [3.05, 3.63) is 29.3 Å². The van der Waals surface area contributed by atoms with Gasteiger partial charge >= 0.3 is 5.97 Å². The minimum Gasteiger partial charge on any atom is -0.478 e. The third-order valence-corrected chi connectivity index (χ3v) is 4.07. The number of anilines is 1. The number of carbonyl (C=O) groups is 1. The molecule has 9 N–H and O–H groups in total. The summed E-state index contributed by atoms with van der Waals surface area (Å²) >= 11 is 0. The Morgan fingerprint density at radius 2 is 1.78 bits per heavy atom. The maximum absolute atomic E-state index is 11.1. The Morgan fingerprint density at radius 1 is 1.22 bits per heavy atom. The number of carboxylic acid groups (broad SMARTS) is 1. The lowest BCUT2D eigenvalue weighted by Gasteiger charge is -2.43. The van der Waals surface area contributed by atoms with Crippen LogP contribution < -0.4 is 11.6 Å². The van der Waals surface area contributed by atoms with Crippen LogP contribution in [-0.2, 0) is 4.84 Å². The van der Waals surface area contributed by atoms with E-state index in [9.17, 15) is 25.2 Å². The van der Waals surface area contributed by atoms with Crippen LogP contribution in [0.1, 0.15) is 34.9 Å². The average molecular weight is 328 g/mol. The van der Waals surface area contributed by atoms with Crippen molar-refractivity contribution in [1.29, 1.82) is 0 Å². The molecule has 0 aromatic heterocycles. The molecule has 3 atom stereocenters. The first-order valence-electron chi connectivity index (χ1n) is 6.94. The Kier molecular flexibility index (Phi) is 4.90. The number of aromatic carboxylic acids is 1. The first-order valence-corrected chi connectivity index (χ1v) is 6.94. The highest BCUT2D eigenvalue weighted by Gasteiger charge is 2.49. The van der Waals surface area contributed by atoms with Crippen molar-refractivity contribution in [3.8, 4) is 0 Å². The minimum atomic E-state index is -1.81. The Hall–Kier alpha value is -1.75. The van der Waals surface area contributed by atoms with Gasteiger partial charge in [-0.25, -0.2) is 10.7 Å². The quantitative estimate of drug-likeness (QED) is 0.256. The summed E-state index contributed by atoms with van der Waals surface area (Å²) in [5, 5.41) is 49.0. The summed E-state index contributed by atoms with van der Waals surface area (Å²) in [4.78, 5) is 15.9. The van der Waals surface area contributed by atoms with Gasteiger partial charge in [-0.1, -0.05) is 0 Å². The number of hydrogen-bond donors (Lipinski definition) is 7. The van der Waals surface area contributed by atoms with Gasteiger partial charge in [0.05, 0.1) is 17.8 Å². The fourth-order valence-corrected chi connectivity index (χ4v) is 2.99. The van der Waals surface area contributed by atoms with Gasteiger partial charge in [-0.05, 0) is 23.8 Å². The molecule has 1 saturated carbocycles. The van der Waals surface area contributed by atoms with Crippen LogP contribution in [0.5, 0.6) is 0 Å². The zero-order valence-corrected chi connectivity index (χ0v) is 12.2. The van der Waals surface area contributed by atoms with E-state index < -0.39 is 36.0 Å². The first-order chi connectivity index (χ1) is 10.7. The molecule has 128 valence electrons. The van der Waals surface area contributed by atoms with E-state index in [0.717, 1.165) is 0 Å². The lowest BCUT2D eigenvalue weighted by molar-refractivity contribution is -0.201. The van der Waals surface area contributed by atoms with Crippen LogP contribution in [0, 0.1) is 0 Å². The molecular weight excluding hydrogens is 308 g/mol. The number of nitrogen functional groups attached to an aromatic ring is 1. The van der Waals surface area contributed by atoms with Crippen LogP contribution in [0.2, 0.25) is 0 Å². The summed E-state index contributed by atoms with van der Waals surface area (Å²) in [5.74, 6) is 4.03. The lowest BCUT2D eigenvalue weighted by Crippen LogP contribution is -2.55. The zero-order chi connectivity index (χ0) is 17.4. The van der Waals surface area contributed by atoms with E-state index in [4.69, 9.17) is 21.6 Å². The molecule has 1 aromatic carbocycles. The van der Waals surface area contributed by atoms with Crippen LogP contribution >= 0.6 is 0 Å². The monoisotopic (exact) mass is 328 g/mol. The average Bonchev–Trinajstić information content (AvgIpc) is 2.44. The van der Waals surface area contributed by atoms with E-state index >= 15 is 0 Å². The number of aliphatic hydroxyl groups is 4. The van der Waals surface area contributed by atoms with Crippen molar-refractivity contribution in [3.63, 3.8) is 0 Å². The third-order valence-electron chi connectivity index (χ3n) is 4.07. The van der Waals surface area contributed by atoms with Crippen molar-refractivity contribution >= 4 is 11.7 Å². The smallest absolute Gasteiger partial charge is 0.335 e. The summed E-state index contributed by atoms with van der Waals surface area (Å²) in [5.41, 5.74) is 4.04. The maximum atomic E-state index is 11.1. The van der Waals surface area contributed by atoms with Gasteiger partial charge in [0, 0.05) is 18.5 Å². The van der Waals surface area contributed by atoms with Crippen LogP contribution in [0.25, 0.3) is 0 Å². The maximum Gasteiger partial charge on any atom is 0.335 e. The van der Waals surface area contributed by atoms with Gasteiger partial charge in [0.1, 0.15) is 17.8 Å². The fraction of sp³-hybridized carbons (Fsp3) is 0.500. The predicted octanol–water partition coefficient (Wildman–Crippen LogP) is -1.49. The Balaban J connectivity index is 2.41. The van der Waals surface area contributed by atoms with Gasteiger partial charge in [0.15, 0.2) is 0 Å². The highest BCUT2D eigenvalue weighted by Crippen LogP contribution is 2.41. The number of aliphatic hydroxyl groups excluding tert-OH is 3. The second kappa shape index (κ2) is 6.40. The van der Waals surface area contributed by atoms with Crippen molar-refractivity contribution < 1.29 is 35.2 Å². The molecule has 1 unspecified atom stereocenters. The Bertz CT molecular complexity index is 582. The van der Waals surface area contributed by atoms with E-state index in [1.54, 1.807) is 0 Å². The number of carboxylic acids is 1. The highest BCUT2D eigenvalue weighted by atomic mass is 16.6. The molecule has 1 aromatic rings. The number of nitrogens with two attached hydrogens (primary N) is 2. The number of benzene rings is 1. The van der Waals surface area contributed by atoms with Crippen LogP contribution in [0.15, 0.2) is 18.2 Å². The molecule has 0 amide bonds. The van der Waals surface area contributed by atoms with E-state index in [0.29, 0.717) is 0 Å². The molecule has 9 nitrogen and oxygen atoms in total. The van der Waals surface area contributed by atoms with Crippen LogP contribution in [-0.4, -0.2) is 55.4 Å². The van der Waals surface area contributed by atoms with E-state index in [1.165, 1.54) is 18.2 Å². The molecule has 0 spiro atoms. The van der Waals surface area contributed by atoms with Gasteiger partial charge in [0.25, 0.3) is 0 Å². The SMILES string of the molecule is NOC(c1cc(N)cc(C(=O)O)c1)C1(O)C[C@@H](O)C(O)[C@H](O)C1. The van der Waals surface area contributed by atoms with Crippen LogP contribution in [0.4, 0.5) is 5.69 Å². The molecular formula is C14H20N2O7. The van der Waals surface area contributed by atoms with Crippen molar-refractivity contribution in [2.45, 2.75) is 42.9 Å². The molecule has 1 aliphatic rings. The molecule has 9 heteroatoms. The summed E-state index contributed by atoms with van der Waals surface area (Å²) in [7, 11) is 0. The highest BCUT2D eigenvalue weighted by molar-refractivity contribution is 5.89. The molecule has 0 bridgehead atoms. The zero-order valence-electron chi connectivity index (χ0n) is 12.2. The molecule has 23 heavy (non-hydrogen) atoms. The summed E-state index contributed by atoms with van der Waals surface area (Å²) in [6, 6.07) is 3.85. The normalized spacial score (nSPS) is 32.5. The molecule has 0 radical (unpaired) electrons. The van der Waals surface area contributed by atoms with Gasteiger partial charge in [-0.2, -0.15) is 0 Å².